The van der Waals surface area contributed by atoms with Crippen LogP contribution in [0.1, 0.15) is 40.6 Å². The van der Waals surface area contributed by atoms with Crippen molar-refractivity contribution < 1.29 is 9.21 Å². The van der Waals surface area contributed by atoms with E-state index in [0.717, 1.165) is 0 Å². The number of nitrogens with one attached hydrogen (secondary N) is 1. The predicted molar refractivity (Wildman–Crippen MR) is 72.8 cm³/mol. The predicted octanol–water partition coefficient (Wildman–Crippen LogP) is 3.47. The van der Waals surface area contributed by atoms with Gasteiger partial charge in [0, 0.05) is 0 Å². The fourth-order valence-corrected chi connectivity index (χ4v) is 2.40. The number of rotatable bonds is 4. The molecule has 1 fully saturated rings. The molecule has 2 aromatic rings. The Balaban J connectivity index is 1.79. The molecule has 1 aliphatic carbocycles. The Morgan fingerprint density at radius 3 is 2.58 bits per heavy atom. The maximum Gasteiger partial charge on any atom is 0.255 e. The van der Waals surface area contributed by atoms with Crippen molar-refractivity contribution in [2.45, 2.75) is 25.8 Å². The molecule has 0 saturated heterocycles. The summed E-state index contributed by atoms with van der Waals surface area (Å²) in [6, 6.07) is 12.0. The van der Waals surface area contributed by atoms with E-state index in [2.05, 4.69) is 17.4 Å². The van der Waals surface area contributed by atoms with Crippen molar-refractivity contribution in [3.63, 3.8) is 0 Å². The van der Waals surface area contributed by atoms with Gasteiger partial charge in [-0.05, 0) is 37.3 Å². The summed E-state index contributed by atoms with van der Waals surface area (Å²) < 4.78 is 5.19. The molecule has 1 amide bonds. The molecule has 1 atom stereocenters. The summed E-state index contributed by atoms with van der Waals surface area (Å²) in [5, 5.41) is 3.14. The largest absolute Gasteiger partial charge is 0.469 e. The Morgan fingerprint density at radius 2 is 2.00 bits per heavy atom. The van der Waals surface area contributed by atoms with E-state index < -0.39 is 0 Å². The zero-order chi connectivity index (χ0) is 13.2. The minimum Gasteiger partial charge on any atom is -0.469 e. The number of hydrogen-bond donors (Lipinski definition) is 1. The molecule has 0 spiro atoms. The molecule has 1 aliphatic rings. The second-order valence-electron chi connectivity index (χ2n) is 5.09. The molecule has 98 valence electrons. The maximum absolute atomic E-state index is 12.3. The summed E-state index contributed by atoms with van der Waals surface area (Å²) in [6.07, 6.45) is 3.92. The normalized spacial score (nSPS) is 16.1. The Bertz CT molecular complexity index is 569. The van der Waals surface area contributed by atoms with Crippen LogP contribution in [-0.2, 0) is 0 Å². The molecule has 0 bridgehead atoms. The molecule has 1 N–H and O–H groups in total. The monoisotopic (exact) mass is 255 g/mol. The van der Waals surface area contributed by atoms with Gasteiger partial charge >= 0.3 is 0 Å². The van der Waals surface area contributed by atoms with Crippen LogP contribution < -0.4 is 5.32 Å². The van der Waals surface area contributed by atoms with E-state index in [-0.39, 0.29) is 11.9 Å². The minimum atomic E-state index is -0.0491. The van der Waals surface area contributed by atoms with Crippen molar-refractivity contribution >= 4 is 5.91 Å². The second-order valence-corrected chi connectivity index (χ2v) is 5.09. The van der Waals surface area contributed by atoms with Gasteiger partial charge in [-0.3, -0.25) is 4.79 Å². The van der Waals surface area contributed by atoms with Crippen LogP contribution in [0, 0.1) is 12.8 Å². The molecule has 3 nitrogen and oxygen atoms in total. The summed E-state index contributed by atoms with van der Waals surface area (Å²) >= 11 is 0. The highest BCUT2D eigenvalue weighted by atomic mass is 16.3. The number of amides is 1. The molecule has 3 rings (SSSR count). The van der Waals surface area contributed by atoms with Gasteiger partial charge in [0.25, 0.3) is 5.91 Å². The maximum atomic E-state index is 12.3. The summed E-state index contributed by atoms with van der Waals surface area (Å²) in [6.45, 7) is 1.81. The molecule has 1 saturated carbocycles. The third kappa shape index (κ3) is 2.55. The first-order valence-corrected chi connectivity index (χ1v) is 6.65. The lowest BCUT2D eigenvalue weighted by Crippen LogP contribution is -2.30. The molecular formula is C16H17NO2. The summed E-state index contributed by atoms with van der Waals surface area (Å²) in [5.74, 6) is 1.19. The lowest BCUT2D eigenvalue weighted by atomic mass is 10.0. The van der Waals surface area contributed by atoms with Crippen LogP contribution in [0.2, 0.25) is 0 Å². The Labute approximate surface area is 112 Å². The van der Waals surface area contributed by atoms with Gasteiger partial charge in [-0.25, -0.2) is 0 Å². The molecule has 1 heterocycles. The van der Waals surface area contributed by atoms with Gasteiger partial charge < -0.3 is 9.73 Å². The number of furan rings is 1. The van der Waals surface area contributed by atoms with E-state index in [4.69, 9.17) is 4.42 Å². The SMILES string of the molecule is Cc1occc1C(=O)NC(c1ccccc1)C1CC1. The van der Waals surface area contributed by atoms with E-state index in [1.165, 1.54) is 18.4 Å². The highest BCUT2D eigenvalue weighted by molar-refractivity contribution is 5.95. The first kappa shape index (κ1) is 12.0. The number of benzene rings is 1. The van der Waals surface area contributed by atoms with Crippen molar-refractivity contribution in [1.29, 1.82) is 0 Å². The Hall–Kier alpha value is -2.03. The third-order valence-electron chi connectivity index (χ3n) is 3.64. The van der Waals surface area contributed by atoms with E-state index in [0.29, 0.717) is 17.2 Å². The van der Waals surface area contributed by atoms with Crippen molar-refractivity contribution in [1.82, 2.24) is 5.32 Å². The Kier molecular flexibility index (Phi) is 3.11. The van der Waals surface area contributed by atoms with Crippen molar-refractivity contribution in [3.8, 4) is 0 Å². The van der Waals surface area contributed by atoms with Crippen LogP contribution in [0.4, 0.5) is 0 Å². The van der Waals surface area contributed by atoms with Crippen LogP contribution in [-0.4, -0.2) is 5.91 Å². The molecule has 0 aliphatic heterocycles. The quantitative estimate of drug-likeness (QED) is 0.909. The molecule has 1 aromatic carbocycles. The van der Waals surface area contributed by atoms with Crippen molar-refractivity contribution in [2.75, 3.05) is 0 Å². The van der Waals surface area contributed by atoms with Gasteiger partial charge in [0.1, 0.15) is 5.76 Å². The van der Waals surface area contributed by atoms with Crippen LogP contribution >= 0.6 is 0 Å². The van der Waals surface area contributed by atoms with Gasteiger partial charge in [-0.1, -0.05) is 30.3 Å². The summed E-state index contributed by atoms with van der Waals surface area (Å²) in [7, 11) is 0. The van der Waals surface area contributed by atoms with Crippen LogP contribution in [0.5, 0.6) is 0 Å². The lowest BCUT2D eigenvalue weighted by Gasteiger charge is -2.18. The second kappa shape index (κ2) is 4.92. The van der Waals surface area contributed by atoms with Gasteiger partial charge in [0.15, 0.2) is 0 Å². The standard InChI is InChI=1S/C16H17NO2/c1-11-14(9-10-19-11)16(18)17-15(13-7-8-13)12-5-3-2-4-6-12/h2-6,9-10,13,15H,7-8H2,1H3,(H,17,18). The highest BCUT2D eigenvalue weighted by Crippen LogP contribution is 2.41. The zero-order valence-electron chi connectivity index (χ0n) is 10.9. The minimum absolute atomic E-state index is 0.0491. The Morgan fingerprint density at radius 1 is 1.26 bits per heavy atom. The van der Waals surface area contributed by atoms with Gasteiger partial charge in [-0.15, -0.1) is 0 Å². The lowest BCUT2D eigenvalue weighted by molar-refractivity contribution is 0.0930. The van der Waals surface area contributed by atoms with Crippen LogP contribution in [0.15, 0.2) is 47.1 Å². The number of hydrogen-bond acceptors (Lipinski definition) is 2. The molecule has 0 radical (unpaired) electrons. The average Bonchev–Trinajstić information content (AvgIpc) is 3.18. The van der Waals surface area contributed by atoms with E-state index in [1.807, 2.05) is 25.1 Å². The van der Waals surface area contributed by atoms with E-state index in [9.17, 15) is 4.79 Å². The number of carbonyl (C=O) groups excluding carboxylic acids is 1. The summed E-state index contributed by atoms with van der Waals surface area (Å²) in [5.41, 5.74) is 1.81. The van der Waals surface area contributed by atoms with E-state index >= 15 is 0 Å². The van der Waals surface area contributed by atoms with Gasteiger partial charge in [0.05, 0.1) is 17.9 Å². The highest BCUT2D eigenvalue weighted by Gasteiger charge is 2.33. The molecule has 3 heteroatoms. The van der Waals surface area contributed by atoms with Crippen molar-refractivity contribution in [2.24, 2.45) is 5.92 Å². The fourth-order valence-electron chi connectivity index (χ4n) is 2.40. The third-order valence-corrected chi connectivity index (χ3v) is 3.64. The van der Waals surface area contributed by atoms with Gasteiger partial charge in [-0.2, -0.15) is 0 Å². The average molecular weight is 255 g/mol. The van der Waals surface area contributed by atoms with Crippen LogP contribution in [0.3, 0.4) is 0 Å². The first-order chi connectivity index (χ1) is 9.25. The molecule has 1 unspecified atom stereocenters. The molecule has 19 heavy (non-hydrogen) atoms. The molecule has 1 aromatic heterocycles. The molecular weight excluding hydrogens is 238 g/mol. The number of carbonyl (C=O) groups is 1. The number of aryl methyl sites for hydroxylation is 1. The summed E-state index contributed by atoms with van der Waals surface area (Å²) in [4.78, 5) is 12.3. The van der Waals surface area contributed by atoms with Crippen molar-refractivity contribution in [3.05, 3.63) is 59.5 Å². The topological polar surface area (TPSA) is 42.2 Å². The first-order valence-electron chi connectivity index (χ1n) is 6.65. The zero-order valence-corrected chi connectivity index (χ0v) is 10.9. The fraction of sp³-hybridized carbons (Fsp3) is 0.312. The van der Waals surface area contributed by atoms with Gasteiger partial charge in [0.2, 0.25) is 0 Å². The smallest absolute Gasteiger partial charge is 0.255 e. The van der Waals surface area contributed by atoms with E-state index in [1.54, 1.807) is 12.3 Å². The van der Waals surface area contributed by atoms with Crippen LogP contribution in [0.25, 0.3) is 0 Å².